The SMILES string of the molecule is COCC(C)NC1CCC(C)(C)c2ccccc21. The van der Waals surface area contributed by atoms with Gasteiger partial charge in [-0.05, 0) is 36.3 Å². The fourth-order valence-corrected chi connectivity index (χ4v) is 3.03. The molecule has 0 amide bonds. The van der Waals surface area contributed by atoms with Gasteiger partial charge in [-0.15, -0.1) is 0 Å². The van der Waals surface area contributed by atoms with Crippen molar-refractivity contribution in [2.24, 2.45) is 0 Å². The van der Waals surface area contributed by atoms with Crippen LogP contribution in [0.15, 0.2) is 24.3 Å². The van der Waals surface area contributed by atoms with Gasteiger partial charge in [0.2, 0.25) is 0 Å². The lowest BCUT2D eigenvalue weighted by atomic mass is 9.71. The number of benzene rings is 1. The monoisotopic (exact) mass is 247 g/mol. The molecule has 0 aliphatic heterocycles. The van der Waals surface area contributed by atoms with E-state index in [9.17, 15) is 0 Å². The molecule has 2 atom stereocenters. The van der Waals surface area contributed by atoms with Gasteiger partial charge in [-0.25, -0.2) is 0 Å². The number of nitrogens with one attached hydrogen (secondary N) is 1. The Bertz CT molecular complexity index is 400. The summed E-state index contributed by atoms with van der Waals surface area (Å²) in [6.07, 6.45) is 2.44. The lowest BCUT2D eigenvalue weighted by Crippen LogP contribution is -2.38. The van der Waals surface area contributed by atoms with E-state index in [2.05, 4.69) is 50.4 Å². The zero-order chi connectivity index (χ0) is 13.2. The first kappa shape index (κ1) is 13.6. The van der Waals surface area contributed by atoms with Crippen LogP contribution in [0.25, 0.3) is 0 Å². The van der Waals surface area contributed by atoms with Crippen LogP contribution in [0.1, 0.15) is 50.8 Å². The van der Waals surface area contributed by atoms with Gasteiger partial charge in [0.25, 0.3) is 0 Å². The van der Waals surface area contributed by atoms with Crippen LogP contribution in [0.5, 0.6) is 0 Å². The van der Waals surface area contributed by atoms with Crippen LogP contribution in [-0.4, -0.2) is 19.8 Å². The van der Waals surface area contributed by atoms with E-state index in [0.717, 1.165) is 6.61 Å². The number of methoxy groups -OCH3 is 1. The number of hydrogen-bond acceptors (Lipinski definition) is 2. The summed E-state index contributed by atoms with van der Waals surface area (Å²) in [5, 5.41) is 3.69. The summed E-state index contributed by atoms with van der Waals surface area (Å²) in [4.78, 5) is 0. The second-order valence-electron chi connectivity index (χ2n) is 6.09. The quantitative estimate of drug-likeness (QED) is 0.880. The van der Waals surface area contributed by atoms with Gasteiger partial charge in [0.05, 0.1) is 6.61 Å². The second-order valence-corrected chi connectivity index (χ2v) is 6.09. The molecule has 0 bridgehead atoms. The zero-order valence-electron chi connectivity index (χ0n) is 12.0. The van der Waals surface area contributed by atoms with Gasteiger partial charge in [0.15, 0.2) is 0 Å². The van der Waals surface area contributed by atoms with Crippen LogP contribution in [0.4, 0.5) is 0 Å². The smallest absolute Gasteiger partial charge is 0.0613 e. The van der Waals surface area contributed by atoms with Crippen LogP contribution in [0.3, 0.4) is 0 Å². The van der Waals surface area contributed by atoms with Crippen LogP contribution in [0, 0.1) is 0 Å². The Balaban J connectivity index is 2.20. The second kappa shape index (κ2) is 5.41. The summed E-state index contributed by atoms with van der Waals surface area (Å²) in [6, 6.07) is 9.73. The fraction of sp³-hybridized carbons (Fsp3) is 0.625. The highest BCUT2D eigenvalue weighted by Gasteiger charge is 2.32. The Morgan fingerprint density at radius 1 is 1.39 bits per heavy atom. The third-order valence-corrected chi connectivity index (χ3v) is 4.03. The van der Waals surface area contributed by atoms with Crippen molar-refractivity contribution in [2.45, 2.75) is 51.1 Å². The Labute approximate surface area is 111 Å². The van der Waals surface area contributed by atoms with Crippen molar-refractivity contribution >= 4 is 0 Å². The number of fused-ring (bicyclic) bond motifs is 1. The van der Waals surface area contributed by atoms with E-state index >= 15 is 0 Å². The maximum Gasteiger partial charge on any atom is 0.0613 e. The molecule has 2 rings (SSSR count). The predicted octanol–water partition coefficient (Wildman–Crippen LogP) is 3.42. The van der Waals surface area contributed by atoms with E-state index in [1.165, 1.54) is 24.0 Å². The lowest BCUT2D eigenvalue weighted by Gasteiger charge is -2.38. The van der Waals surface area contributed by atoms with Gasteiger partial charge in [-0.2, -0.15) is 0 Å². The Hall–Kier alpha value is -0.860. The van der Waals surface area contributed by atoms with Gasteiger partial charge in [0.1, 0.15) is 0 Å². The first-order valence-corrected chi connectivity index (χ1v) is 6.89. The molecule has 1 aliphatic carbocycles. The molecule has 18 heavy (non-hydrogen) atoms. The molecule has 100 valence electrons. The van der Waals surface area contributed by atoms with Crippen molar-refractivity contribution in [2.75, 3.05) is 13.7 Å². The standard InChI is InChI=1S/C16H25NO/c1-12(11-18-4)17-15-9-10-16(2,3)14-8-6-5-7-13(14)15/h5-8,12,15,17H,9-11H2,1-4H3. The largest absolute Gasteiger partial charge is 0.383 e. The fourth-order valence-electron chi connectivity index (χ4n) is 3.03. The molecule has 0 fully saturated rings. The van der Waals surface area contributed by atoms with Crippen molar-refractivity contribution in [3.8, 4) is 0 Å². The molecule has 0 aromatic heterocycles. The molecule has 1 aromatic carbocycles. The molecular weight excluding hydrogens is 222 g/mol. The van der Waals surface area contributed by atoms with Crippen molar-refractivity contribution in [3.05, 3.63) is 35.4 Å². The predicted molar refractivity (Wildman–Crippen MR) is 75.9 cm³/mol. The Kier molecular flexibility index (Phi) is 4.08. The molecule has 0 spiro atoms. The molecule has 2 nitrogen and oxygen atoms in total. The summed E-state index contributed by atoms with van der Waals surface area (Å²) in [6.45, 7) is 7.65. The van der Waals surface area contributed by atoms with Gasteiger partial charge in [0, 0.05) is 19.2 Å². The first-order valence-electron chi connectivity index (χ1n) is 6.89. The zero-order valence-corrected chi connectivity index (χ0v) is 12.0. The molecule has 0 saturated carbocycles. The molecule has 0 heterocycles. The summed E-state index contributed by atoms with van der Waals surface area (Å²) >= 11 is 0. The van der Waals surface area contributed by atoms with Gasteiger partial charge in [-0.3, -0.25) is 0 Å². The van der Waals surface area contributed by atoms with Crippen LogP contribution in [-0.2, 0) is 10.2 Å². The van der Waals surface area contributed by atoms with Gasteiger partial charge >= 0.3 is 0 Å². The number of ether oxygens (including phenoxy) is 1. The molecule has 0 saturated heterocycles. The Morgan fingerprint density at radius 3 is 2.83 bits per heavy atom. The first-order chi connectivity index (χ1) is 8.54. The maximum atomic E-state index is 5.21. The van der Waals surface area contributed by atoms with E-state index in [-0.39, 0.29) is 0 Å². The highest BCUT2D eigenvalue weighted by molar-refractivity contribution is 5.38. The van der Waals surface area contributed by atoms with Crippen LogP contribution < -0.4 is 5.32 Å². The maximum absolute atomic E-state index is 5.21. The number of rotatable bonds is 4. The van der Waals surface area contributed by atoms with Crippen molar-refractivity contribution in [1.82, 2.24) is 5.32 Å². The highest BCUT2D eigenvalue weighted by Crippen LogP contribution is 2.41. The van der Waals surface area contributed by atoms with Gasteiger partial charge in [-0.1, -0.05) is 38.1 Å². The minimum atomic E-state index is 0.305. The normalized spacial score (nSPS) is 23.4. The minimum absolute atomic E-state index is 0.305. The third-order valence-electron chi connectivity index (χ3n) is 4.03. The van der Waals surface area contributed by atoms with E-state index < -0.39 is 0 Å². The van der Waals surface area contributed by atoms with Crippen molar-refractivity contribution < 1.29 is 4.74 Å². The minimum Gasteiger partial charge on any atom is -0.383 e. The molecule has 2 heteroatoms. The average molecular weight is 247 g/mol. The summed E-state index contributed by atoms with van der Waals surface area (Å²) in [5.41, 5.74) is 3.27. The third kappa shape index (κ3) is 2.76. The molecule has 0 radical (unpaired) electrons. The van der Waals surface area contributed by atoms with E-state index in [1.807, 2.05) is 0 Å². The Morgan fingerprint density at radius 2 is 2.11 bits per heavy atom. The summed E-state index contributed by atoms with van der Waals surface area (Å²) in [5.74, 6) is 0. The van der Waals surface area contributed by atoms with Crippen LogP contribution in [0.2, 0.25) is 0 Å². The van der Waals surface area contributed by atoms with Gasteiger partial charge < -0.3 is 10.1 Å². The average Bonchev–Trinajstić information content (AvgIpc) is 2.34. The summed E-state index contributed by atoms with van der Waals surface area (Å²) in [7, 11) is 1.76. The van der Waals surface area contributed by atoms with Crippen LogP contribution >= 0.6 is 0 Å². The lowest BCUT2D eigenvalue weighted by molar-refractivity contribution is 0.163. The van der Waals surface area contributed by atoms with E-state index in [0.29, 0.717) is 17.5 Å². The number of hydrogen-bond donors (Lipinski definition) is 1. The molecule has 1 aliphatic rings. The molecule has 1 N–H and O–H groups in total. The molecular formula is C16H25NO. The molecule has 2 unspecified atom stereocenters. The highest BCUT2D eigenvalue weighted by atomic mass is 16.5. The van der Waals surface area contributed by atoms with E-state index in [1.54, 1.807) is 7.11 Å². The molecule has 1 aromatic rings. The summed E-state index contributed by atoms with van der Waals surface area (Å²) < 4.78 is 5.21. The van der Waals surface area contributed by atoms with Crippen molar-refractivity contribution in [3.63, 3.8) is 0 Å². The van der Waals surface area contributed by atoms with Crippen molar-refractivity contribution in [1.29, 1.82) is 0 Å². The van der Waals surface area contributed by atoms with E-state index in [4.69, 9.17) is 4.74 Å². The topological polar surface area (TPSA) is 21.3 Å².